The Kier molecular flexibility index (Phi) is 10.5. The molecule has 0 unspecified atom stereocenters. The van der Waals surface area contributed by atoms with E-state index in [0.717, 1.165) is 5.56 Å². The van der Waals surface area contributed by atoms with Gasteiger partial charge in [0.15, 0.2) is 5.60 Å². The van der Waals surface area contributed by atoms with Crippen LogP contribution in [0.25, 0.3) is 0 Å². The summed E-state index contributed by atoms with van der Waals surface area (Å²) in [5.74, 6) is -1.98. The van der Waals surface area contributed by atoms with Crippen LogP contribution in [0.15, 0.2) is 97.1 Å². The topological polar surface area (TPSA) is 168 Å². The second kappa shape index (κ2) is 14.9. The number of ether oxygens (including phenoxy) is 1. The van der Waals surface area contributed by atoms with Crippen LogP contribution in [0.5, 0.6) is 0 Å². The third-order valence-electron chi connectivity index (χ3n) is 10.2. The van der Waals surface area contributed by atoms with E-state index in [4.69, 9.17) is 10.5 Å². The number of aliphatic hydroxyl groups is 1. The summed E-state index contributed by atoms with van der Waals surface area (Å²) in [6.07, 6.45) is -1.26. The number of nitrogens with one attached hydrogen (secondary N) is 1. The highest BCUT2D eigenvalue weighted by molar-refractivity contribution is 6.72. The number of hydrogen-bond acceptors (Lipinski definition) is 8. The first-order valence-corrected chi connectivity index (χ1v) is 20.3. The van der Waals surface area contributed by atoms with E-state index in [-0.39, 0.29) is 55.7 Å². The molecule has 6 rings (SSSR count). The number of nitrogens with two attached hydrogens (primary N) is 1. The molecule has 3 amide bonds. The Labute approximate surface area is 307 Å². The van der Waals surface area contributed by atoms with Crippen LogP contribution in [0.3, 0.4) is 0 Å². The average molecular weight is 740 g/mol. The molecule has 0 aromatic heterocycles. The van der Waals surface area contributed by atoms with Crippen molar-refractivity contribution in [3.63, 3.8) is 0 Å². The molecule has 2 aliphatic heterocycles. The van der Waals surface area contributed by atoms with Crippen molar-refractivity contribution in [2.24, 2.45) is 5.92 Å². The molecule has 4 aromatic rings. The molecule has 0 bridgehead atoms. The minimum absolute atomic E-state index is 0.0494. The molecule has 276 valence electrons. The van der Waals surface area contributed by atoms with Gasteiger partial charge in [0.1, 0.15) is 0 Å². The first kappa shape index (κ1) is 37.3. The van der Waals surface area contributed by atoms with Crippen molar-refractivity contribution in [3.8, 4) is 0 Å². The maximum Gasteiger partial charge on any atom is 0.269 e. The highest BCUT2D eigenvalue weighted by atomic mass is 28.4. The zero-order chi connectivity index (χ0) is 38.1. The van der Waals surface area contributed by atoms with Crippen LogP contribution in [0.4, 0.5) is 26.9 Å². The lowest BCUT2D eigenvalue weighted by molar-refractivity contribution is -0.385. The van der Waals surface area contributed by atoms with Gasteiger partial charge in [-0.3, -0.25) is 24.5 Å². The lowest BCUT2D eigenvalue weighted by Crippen LogP contribution is -2.45. The molecule has 1 saturated heterocycles. The molecule has 0 aliphatic carbocycles. The molecule has 2 heterocycles. The number of non-ortho nitro benzene ring substituents is 1. The molecule has 0 radical (unpaired) electrons. The van der Waals surface area contributed by atoms with Crippen molar-refractivity contribution in [1.29, 1.82) is 0 Å². The van der Waals surface area contributed by atoms with Crippen molar-refractivity contribution in [1.82, 2.24) is 4.90 Å². The number of nitro groups is 1. The third kappa shape index (κ3) is 7.43. The molecule has 1 fully saturated rings. The summed E-state index contributed by atoms with van der Waals surface area (Å²) in [5, 5.41) is 24.6. The monoisotopic (exact) mass is 739 g/mol. The third-order valence-corrected chi connectivity index (χ3v) is 12.7. The van der Waals surface area contributed by atoms with E-state index in [1.54, 1.807) is 55.5 Å². The normalized spacial score (nSPS) is 20.7. The largest absolute Gasteiger partial charge is 0.399 e. The highest BCUT2D eigenvalue weighted by Crippen LogP contribution is 2.60. The predicted molar refractivity (Wildman–Crippen MR) is 201 cm³/mol. The number of carbonyl (C=O) groups excluding carboxylic acids is 3. The fraction of sp³-hybridized carbons (Fsp3) is 0.308. The Morgan fingerprint density at radius 1 is 1.04 bits per heavy atom. The van der Waals surface area contributed by atoms with Gasteiger partial charge < -0.3 is 34.8 Å². The fourth-order valence-electron chi connectivity index (χ4n) is 7.74. The summed E-state index contributed by atoms with van der Waals surface area (Å²) in [6, 6.07) is 26.8. The van der Waals surface area contributed by atoms with E-state index in [1.165, 1.54) is 41.1 Å². The number of carbonyl (C=O) groups is 3. The molecule has 4 atom stereocenters. The highest BCUT2D eigenvalue weighted by Gasteiger charge is 2.67. The first-order valence-electron chi connectivity index (χ1n) is 17.4. The summed E-state index contributed by atoms with van der Waals surface area (Å²) in [5.41, 5.74) is 6.56. The number of nitrogen functional groups attached to an aromatic ring is 1. The molecule has 4 aromatic carbocycles. The van der Waals surface area contributed by atoms with Gasteiger partial charge in [-0.1, -0.05) is 49.4 Å². The van der Waals surface area contributed by atoms with Crippen molar-refractivity contribution in [3.05, 3.63) is 129 Å². The quantitative estimate of drug-likeness (QED) is 0.0510. The Hall–Kier alpha value is -5.44. The number of amides is 3. The van der Waals surface area contributed by atoms with Crippen LogP contribution in [0.1, 0.15) is 40.4 Å². The summed E-state index contributed by atoms with van der Waals surface area (Å²) in [6.45, 7) is 4.80. The second-order valence-electron chi connectivity index (χ2n) is 14.1. The van der Waals surface area contributed by atoms with Gasteiger partial charge in [-0.15, -0.1) is 0 Å². The molecule has 0 saturated carbocycles. The zero-order valence-electron chi connectivity index (χ0n) is 29.7. The number of nitro benzene ring substituents is 1. The minimum atomic E-state index is -3.66. The number of nitrogens with zero attached hydrogens (tertiary/aromatic N) is 3. The van der Waals surface area contributed by atoms with Gasteiger partial charge in [-0.25, -0.2) is 0 Å². The van der Waals surface area contributed by atoms with Gasteiger partial charge in [0.25, 0.3) is 17.5 Å². The molecular formula is C39H42FN5O7Si. The minimum Gasteiger partial charge on any atom is -0.399 e. The number of halogens is 1. The van der Waals surface area contributed by atoms with Crippen molar-refractivity contribution < 1.29 is 33.3 Å². The Morgan fingerprint density at radius 2 is 1.72 bits per heavy atom. The Bertz CT molecular complexity index is 2010. The molecule has 53 heavy (non-hydrogen) atoms. The first-order chi connectivity index (χ1) is 25.2. The molecule has 1 spiro atoms. The van der Waals surface area contributed by atoms with Crippen LogP contribution in [0, 0.1) is 16.0 Å². The van der Waals surface area contributed by atoms with Crippen LogP contribution in [0.2, 0.25) is 18.6 Å². The van der Waals surface area contributed by atoms with E-state index >= 15 is 4.11 Å². The molecule has 14 heteroatoms. The Balaban J connectivity index is 1.30. The van der Waals surface area contributed by atoms with Crippen molar-refractivity contribution >= 4 is 48.9 Å². The smallest absolute Gasteiger partial charge is 0.269 e. The van der Waals surface area contributed by atoms with Gasteiger partial charge in [-0.2, -0.15) is 0 Å². The number of fused-ring (bicyclic) bond motifs is 2. The number of hydrogen-bond donors (Lipinski definition) is 3. The van der Waals surface area contributed by atoms with Crippen LogP contribution < -0.4 is 16.0 Å². The Morgan fingerprint density at radius 3 is 2.34 bits per heavy atom. The van der Waals surface area contributed by atoms with Gasteiger partial charge in [0.05, 0.1) is 36.3 Å². The SMILES string of the molecule is C[C@H]1[C@H]([Si](C)(C)F)[C@@H](CC(=O)N(CCO)Cc2ccccc2)O[C@]12C(=O)N(Cc1ccc(NC(=O)c3ccc(N)cc3)cc1)c1ccc([N+](=O)[O-])cc12. The van der Waals surface area contributed by atoms with Gasteiger partial charge in [0, 0.05) is 59.2 Å². The van der Waals surface area contributed by atoms with Gasteiger partial charge in [0.2, 0.25) is 14.3 Å². The average Bonchev–Trinajstić information content (AvgIpc) is 3.55. The summed E-state index contributed by atoms with van der Waals surface area (Å²) < 4.78 is 23.1. The number of aliphatic hydroxyl groups excluding tert-OH is 1. The molecular weight excluding hydrogens is 698 g/mol. The summed E-state index contributed by atoms with van der Waals surface area (Å²) in [4.78, 5) is 55.8. The van der Waals surface area contributed by atoms with Gasteiger partial charge in [-0.05, 0) is 66.7 Å². The van der Waals surface area contributed by atoms with Crippen molar-refractivity contribution in [2.75, 3.05) is 29.1 Å². The standard InChI is InChI=1S/C39H42FN5O7Si/c1-25-36(53(2,3)40)34(22-35(47)43(19-20-46)23-26-7-5-4-6-8-26)52-39(25)32-21-31(45(50)51)17-18-33(32)44(38(39)49)24-27-9-15-30(16-10-27)42-37(48)28-11-13-29(41)14-12-28/h4-18,21,25,34,36,46H,19-20,22-24,41H2,1-3H3,(H,42,48)/t25-,34+,36-,39+/m0/s1. The number of anilines is 3. The summed E-state index contributed by atoms with van der Waals surface area (Å²) >= 11 is 0. The second-order valence-corrected chi connectivity index (χ2v) is 17.9. The maximum atomic E-state index is 16.4. The number of rotatable bonds is 12. The predicted octanol–water partition coefficient (Wildman–Crippen LogP) is 6.16. The molecule has 12 nitrogen and oxygen atoms in total. The van der Waals surface area contributed by atoms with E-state index in [1.807, 2.05) is 30.3 Å². The number of benzene rings is 4. The van der Waals surface area contributed by atoms with Crippen LogP contribution in [-0.4, -0.2) is 60.3 Å². The molecule has 2 aliphatic rings. The molecule has 4 N–H and O–H groups in total. The van der Waals surface area contributed by atoms with E-state index < -0.39 is 42.4 Å². The zero-order valence-corrected chi connectivity index (χ0v) is 30.7. The van der Waals surface area contributed by atoms with Crippen LogP contribution in [-0.2, 0) is 33.0 Å². The summed E-state index contributed by atoms with van der Waals surface area (Å²) in [7, 11) is -3.66. The van der Waals surface area contributed by atoms with Crippen molar-refractivity contribution in [2.45, 2.75) is 56.8 Å². The van der Waals surface area contributed by atoms with Gasteiger partial charge >= 0.3 is 0 Å². The van der Waals surface area contributed by atoms with E-state index in [9.17, 15) is 29.6 Å². The van der Waals surface area contributed by atoms with Crippen LogP contribution >= 0.6 is 0 Å². The van der Waals surface area contributed by atoms with E-state index in [2.05, 4.69) is 5.32 Å². The maximum absolute atomic E-state index is 16.4. The lowest BCUT2D eigenvalue weighted by Gasteiger charge is -2.31. The lowest BCUT2D eigenvalue weighted by atomic mass is 9.82. The van der Waals surface area contributed by atoms with E-state index in [0.29, 0.717) is 28.2 Å². The fourth-order valence-corrected chi connectivity index (χ4v) is 10.2.